The van der Waals surface area contributed by atoms with Crippen molar-refractivity contribution in [1.29, 1.82) is 0 Å². The number of para-hydroxylation sites is 1. The molecule has 11 aromatic rings. The molecule has 284 valence electrons. The Morgan fingerprint density at radius 1 is 0.417 bits per heavy atom. The second kappa shape index (κ2) is 13.4. The minimum atomic E-state index is -0.0990. The molecular formula is C57H40N2S. The molecule has 0 saturated carbocycles. The van der Waals surface area contributed by atoms with Crippen LogP contribution in [0.2, 0.25) is 0 Å². The monoisotopic (exact) mass is 784 g/mol. The van der Waals surface area contributed by atoms with Gasteiger partial charge in [0.25, 0.3) is 0 Å². The number of anilines is 3. The van der Waals surface area contributed by atoms with Gasteiger partial charge in [0.1, 0.15) is 0 Å². The maximum Gasteiger partial charge on any atom is 0.0555 e. The van der Waals surface area contributed by atoms with Crippen LogP contribution in [0.1, 0.15) is 25.0 Å². The average molecular weight is 785 g/mol. The van der Waals surface area contributed by atoms with Crippen molar-refractivity contribution < 1.29 is 0 Å². The topological polar surface area (TPSA) is 8.17 Å². The van der Waals surface area contributed by atoms with Gasteiger partial charge < -0.3 is 9.47 Å². The zero-order valence-corrected chi connectivity index (χ0v) is 34.2. The fourth-order valence-corrected chi connectivity index (χ4v) is 11.1. The summed E-state index contributed by atoms with van der Waals surface area (Å²) in [6, 6.07) is 75.9. The Balaban J connectivity index is 0.988. The molecule has 0 radical (unpaired) electrons. The van der Waals surface area contributed by atoms with Gasteiger partial charge in [0.05, 0.1) is 11.0 Å². The van der Waals surface area contributed by atoms with Crippen molar-refractivity contribution in [2.45, 2.75) is 19.3 Å². The van der Waals surface area contributed by atoms with E-state index in [0.717, 1.165) is 17.1 Å². The molecule has 0 atom stereocenters. The summed E-state index contributed by atoms with van der Waals surface area (Å²) in [6.45, 7) is 4.71. The maximum atomic E-state index is 2.45. The molecule has 9 aromatic carbocycles. The van der Waals surface area contributed by atoms with E-state index >= 15 is 0 Å². The van der Waals surface area contributed by atoms with Gasteiger partial charge in [-0.25, -0.2) is 0 Å². The number of hydrogen-bond acceptors (Lipinski definition) is 2. The molecule has 2 aromatic heterocycles. The van der Waals surface area contributed by atoms with Gasteiger partial charge in [-0.2, -0.15) is 0 Å². The van der Waals surface area contributed by atoms with Gasteiger partial charge in [0.15, 0.2) is 0 Å². The van der Waals surface area contributed by atoms with Crippen LogP contribution in [0.3, 0.4) is 0 Å². The van der Waals surface area contributed by atoms with E-state index in [4.69, 9.17) is 0 Å². The van der Waals surface area contributed by atoms with Gasteiger partial charge in [0, 0.05) is 59.1 Å². The molecule has 2 nitrogen and oxygen atoms in total. The summed E-state index contributed by atoms with van der Waals surface area (Å²) in [5.41, 5.74) is 17.1. The number of benzene rings is 9. The van der Waals surface area contributed by atoms with E-state index in [2.05, 4.69) is 230 Å². The van der Waals surface area contributed by atoms with Crippen LogP contribution in [0.15, 0.2) is 206 Å². The van der Waals surface area contributed by atoms with E-state index in [9.17, 15) is 0 Å². The third-order valence-electron chi connectivity index (χ3n) is 12.8. The number of rotatable bonds is 6. The number of aromatic nitrogens is 1. The van der Waals surface area contributed by atoms with Crippen molar-refractivity contribution in [3.8, 4) is 39.1 Å². The first-order valence-corrected chi connectivity index (χ1v) is 21.6. The van der Waals surface area contributed by atoms with Crippen LogP contribution in [0.25, 0.3) is 81.0 Å². The van der Waals surface area contributed by atoms with Gasteiger partial charge in [-0.3, -0.25) is 0 Å². The molecule has 0 aliphatic heterocycles. The zero-order valence-electron chi connectivity index (χ0n) is 33.4. The number of thiophene rings is 1. The van der Waals surface area contributed by atoms with Crippen LogP contribution in [0.5, 0.6) is 0 Å². The third-order valence-corrected chi connectivity index (χ3v) is 14.0. The van der Waals surface area contributed by atoms with E-state index in [-0.39, 0.29) is 5.41 Å². The largest absolute Gasteiger partial charge is 0.310 e. The molecule has 2 heterocycles. The Morgan fingerprint density at radius 3 is 1.77 bits per heavy atom. The lowest BCUT2D eigenvalue weighted by molar-refractivity contribution is 0.660. The highest BCUT2D eigenvalue weighted by Gasteiger charge is 2.35. The summed E-state index contributed by atoms with van der Waals surface area (Å²) in [7, 11) is 0. The van der Waals surface area contributed by atoms with E-state index in [0.29, 0.717) is 0 Å². The molecule has 60 heavy (non-hydrogen) atoms. The van der Waals surface area contributed by atoms with Crippen LogP contribution >= 0.6 is 11.3 Å². The van der Waals surface area contributed by atoms with Crippen molar-refractivity contribution in [3.05, 3.63) is 217 Å². The molecule has 0 fully saturated rings. The minimum absolute atomic E-state index is 0.0990. The van der Waals surface area contributed by atoms with Crippen molar-refractivity contribution in [2.24, 2.45) is 0 Å². The smallest absolute Gasteiger partial charge is 0.0555 e. The van der Waals surface area contributed by atoms with Gasteiger partial charge >= 0.3 is 0 Å². The highest BCUT2D eigenvalue weighted by Crippen LogP contribution is 2.51. The summed E-state index contributed by atoms with van der Waals surface area (Å²) in [5.74, 6) is 0. The van der Waals surface area contributed by atoms with Crippen molar-refractivity contribution in [2.75, 3.05) is 4.90 Å². The van der Waals surface area contributed by atoms with E-state index in [1.54, 1.807) is 0 Å². The Hall–Kier alpha value is -7.20. The van der Waals surface area contributed by atoms with Gasteiger partial charge in [-0.05, 0) is 111 Å². The number of nitrogens with zero attached hydrogens (tertiary/aromatic N) is 2. The molecule has 0 spiro atoms. The van der Waals surface area contributed by atoms with Gasteiger partial charge in [-0.15, -0.1) is 11.3 Å². The Labute approximate surface area is 353 Å². The number of fused-ring (bicyclic) bond motifs is 10. The third kappa shape index (κ3) is 5.33. The van der Waals surface area contributed by atoms with E-state index < -0.39 is 0 Å². The van der Waals surface area contributed by atoms with Crippen LogP contribution in [0.4, 0.5) is 17.1 Å². The standard InChI is InChI=1S/C57H40N2S/c1-57(2)50-19-11-9-17-45(50)46-32-30-44(36-51(46)57)58(42-26-21-38(22-27-42)37-13-5-3-6-14-37)43-28-23-39(24-29-43)40-25-31-49-53(35-40)59(41-15-7-4-8-16-41)52-34-33-48-47-18-10-12-20-54(47)60-56(48)55(49)52/h3-36H,1-2H3. The minimum Gasteiger partial charge on any atom is -0.310 e. The maximum absolute atomic E-state index is 2.45. The molecule has 0 amide bonds. The molecule has 0 saturated heterocycles. The molecule has 1 aliphatic carbocycles. The van der Waals surface area contributed by atoms with Crippen molar-refractivity contribution >= 4 is 70.4 Å². The summed E-state index contributed by atoms with van der Waals surface area (Å²) in [5, 5.41) is 5.25. The van der Waals surface area contributed by atoms with Crippen LogP contribution in [-0.4, -0.2) is 4.57 Å². The summed E-state index contributed by atoms with van der Waals surface area (Å²) in [4.78, 5) is 2.41. The molecule has 0 unspecified atom stereocenters. The van der Waals surface area contributed by atoms with Gasteiger partial charge in [0.2, 0.25) is 0 Å². The van der Waals surface area contributed by atoms with Gasteiger partial charge in [-0.1, -0.05) is 153 Å². The first-order chi connectivity index (χ1) is 29.5. The lowest BCUT2D eigenvalue weighted by Gasteiger charge is -2.28. The SMILES string of the molecule is CC1(C)c2ccccc2-c2ccc(N(c3ccc(-c4ccccc4)cc3)c3ccc(-c4ccc5c6c7sc8ccccc8c7ccc6n(-c6ccccc6)c5c4)cc3)cc21. The summed E-state index contributed by atoms with van der Waals surface area (Å²) >= 11 is 1.90. The summed E-state index contributed by atoms with van der Waals surface area (Å²) in [6.07, 6.45) is 0. The van der Waals surface area contributed by atoms with E-state index in [1.165, 1.54) is 92.2 Å². The first kappa shape index (κ1) is 34.8. The molecule has 3 heteroatoms. The lowest BCUT2D eigenvalue weighted by atomic mass is 9.82. The fourth-order valence-electron chi connectivity index (χ4n) is 9.83. The van der Waals surface area contributed by atoms with Crippen molar-refractivity contribution in [3.63, 3.8) is 0 Å². The Morgan fingerprint density at radius 2 is 1.00 bits per heavy atom. The van der Waals surface area contributed by atoms with Crippen LogP contribution < -0.4 is 4.90 Å². The molecular weight excluding hydrogens is 745 g/mol. The quantitative estimate of drug-likeness (QED) is 0.163. The number of hydrogen-bond donors (Lipinski definition) is 0. The second-order valence-corrected chi connectivity index (χ2v) is 17.6. The molecule has 0 bridgehead atoms. The average Bonchev–Trinajstić information content (AvgIpc) is 3.92. The Bertz CT molecular complexity index is 3430. The molecule has 0 N–H and O–H groups in total. The normalized spacial score (nSPS) is 13.0. The highest BCUT2D eigenvalue weighted by molar-refractivity contribution is 7.26. The molecule has 1 aliphatic rings. The fraction of sp³-hybridized carbons (Fsp3) is 0.0526. The first-order valence-electron chi connectivity index (χ1n) is 20.8. The lowest BCUT2D eigenvalue weighted by Crippen LogP contribution is -2.16. The van der Waals surface area contributed by atoms with Crippen LogP contribution in [-0.2, 0) is 5.41 Å². The predicted octanol–water partition coefficient (Wildman–Crippen LogP) is 16.3. The van der Waals surface area contributed by atoms with E-state index in [1.807, 2.05) is 11.3 Å². The Kier molecular flexibility index (Phi) is 7.79. The second-order valence-electron chi connectivity index (χ2n) is 16.5. The molecule has 12 rings (SSSR count). The van der Waals surface area contributed by atoms with Crippen LogP contribution in [0, 0.1) is 0 Å². The van der Waals surface area contributed by atoms with Crippen molar-refractivity contribution in [1.82, 2.24) is 4.57 Å². The summed E-state index contributed by atoms with van der Waals surface area (Å²) < 4.78 is 5.12. The predicted molar refractivity (Wildman–Crippen MR) is 257 cm³/mol. The zero-order chi connectivity index (χ0) is 40.0. The highest BCUT2D eigenvalue weighted by atomic mass is 32.1.